The van der Waals surface area contributed by atoms with Crippen LogP contribution in [0, 0.1) is 11.8 Å². The molecule has 2 aromatic carbocycles. The molecule has 1 saturated carbocycles. The van der Waals surface area contributed by atoms with Crippen molar-refractivity contribution < 1.29 is 14.3 Å². The molecular weight excluding hydrogens is 412 g/mol. The van der Waals surface area contributed by atoms with E-state index in [1.165, 1.54) is 56.2 Å². The van der Waals surface area contributed by atoms with Gasteiger partial charge in [-0.1, -0.05) is 45.2 Å². The number of nitrogens with zero attached hydrogens (tertiary/aromatic N) is 1. The lowest BCUT2D eigenvalue weighted by Crippen LogP contribution is -2.31. The van der Waals surface area contributed by atoms with Gasteiger partial charge < -0.3 is 15.2 Å². The van der Waals surface area contributed by atoms with E-state index in [0.29, 0.717) is 5.75 Å². The Labute approximate surface area is 198 Å². The minimum atomic E-state index is -0.798. The Morgan fingerprint density at radius 3 is 2.45 bits per heavy atom. The van der Waals surface area contributed by atoms with E-state index < -0.39 is 6.09 Å². The van der Waals surface area contributed by atoms with Crippen LogP contribution in [0.25, 0.3) is 0 Å². The topological polar surface area (TPSA) is 64.8 Å². The number of carbonyl (C=O) groups excluding carboxylic acids is 1. The summed E-state index contributed by atoms with van der Waals surface area (Å²) in [6.45, 7) is 8.01. The molecule has 0 bridgehead atoms. The van der Waals surface area contributed by atoms with Crippen molar-refractivity contribution in [3.05, 3.63) is 53.1 Å². The number of nitrogens with two attached hydrogens (primary N) is 1. The van der Waals surface area contributed by atoms with Crippen molar-refractivity contribution in [1.29, 1.82) is 0 Å². The molecule has 2 aromatic rings. The van der Waals surface area contributed by atoms with Gasteiger partial charge in [-0.25, -0.2) is 4.79 Å². The number of rotatable bonds is 8. The molecule has 5 nitrogen and oxygen atoms in total. The zero-order valence-corrected chi connectivity index (χ0v) is 20.1. The molecule has 5 heteroatoms. The molecule has 33 heavy (non-hydrogen) atoms. The molecule has 4 rings (SSSR count). The highest BCUT2D eigenvalue weighted by molar-refractivity contribution is 5.68. The molecule has 0 atom stereocenters. The summed E-state index contributed by atoms with van der Waals surface area (Å²) in [5.41, 5.74) is 8.79. The van der Waals surface area contributed by atoms with Crippen molar-refractivity contribution in [3.63, 3.8) is 0 Å². The van der Waals surface area contributed by atoms with Crippen LogP contribution in [0.4, 0.5) is 4.79 Å². The van der Waals surface area contributed by atoms with Gasteiger partial charge in [-0.15, -0.1) is 0 Å². The molecule has 0 spiro atoms. The lowest BCUT2D eigenvalue weighted by molar-refractivity contribution is 0.185. The minimum Gasteiger partial charge on any atom is -0.457 e. The number of hydrogen-bond acceptors (Lipinski definition) is 4. The SMILES string of the molecule is CC(C)CCN(Cc1ccc2c(c1)CCc1cc(OC(N)=O)ccc1O2)CC1CCCCC1. The maximum absolute atomic E-state index is 11.1. The van der Waals surface area contributed by atoms with Crippen LogP contribution >= 0.6 is 0 Å². The zero-order valence-electron chi connectivity index (χ0n) is 20.1. The zero-order chi connectivity index (χ0) is 23.2. The summed E-state index contributed by atoms with van der Waals surface area (Å²) in [5, 5.41) is 0. The van der Waals surface area contributed by atoms with E-state index >= 15 is 0 Å². The molecule has 1 aliphatic heterocycles. The van der Waals surface area contributed by atoms with E-state index in [1.807, 2.05) is 12.1 Å². The second-order valence-corrected chi connectivity index (χ2v) is 10.2. The molecule has 0 aromatic heterocycles. The van der Waals surface area contributed by atoms with Crippen LogP contribution in [-0.4, -0.2) is 24.1 Å². The van der Waals surface area contributed by atoms with Gasteiger partial charge in [-0.3, -0.25) is 4.90 Å². The van der Waals surface area contributed by atoms with Gasteiger partial charge in [0, 0.05) is 13.1 Å². The Morgan fingerprint density at radius 1 is 1.06 bits per heavy atom. The van der Waals surface area contributed by atoms with Gasteiger partial charge in [0.2, 0.25) is 0 Å². The lowest BCUT2D eigenvalue weighted by atomic mass is 9.88. The predicted molar refractivity (Wildman–Crippen MR) is 132 cm³/mol. The molecule has 1 heterocycles. The Balaban J connectivity index is 1.45. The second-order valence-electron chi connectivity index (χ2n) is 10.2. The quantitative estimate of drug-likeness (QED) is 0.501. The van der Waals surface area contributed by atoms with Gasteiger partial charge >= 0.3 is 6.09 Å². The average molecular weight is 451 g/mol. The number of aryl methyl sites for hydroxylation is 2. The monoisotopic (exact) mass is 450 g/mol. The molecular formula is C28H38N2O3. The minimum absolute atomic E-state index is 0.458. The number of amides is 1. The van der Waals surface area contributed by atoms with Crippen LogP contribution in [0.15, 0.2) is 36.4 Å². The molecule has 1 aliphatic carbocycles. The summed E-state index contributed by atoms with van der Waals surface area (Å²) in [4.78, 5) is 13.8. The van der Waals surface area contributed by atoms with E-state index in [2.05, 4.69) is 36.9 Å². The van der Waals surface area contributed by atoms with Gasteiger partial charge in [-0.2, -0.15) is 0 Å². The molecule has 1 fully saturated rings. The fraction of sp³-hybridized carbons (Fsp3) is 0.536. The first-order chi connectivity index (χ1) is 16.0. The van der Waals surface area contributed by atoms with E-state index in [9.17, 15) is 4.79 Å². The Morgan fingerprint density at radius 2 is 1.76 bits per heavy atom. The largest absolute Gasteiger partial charge is 0.457 e. The van der Waals surface area contributed by atoms with Crippen LogP contribution in [0.2, 0.25) is 0 Å². The van der Waals surface area contributed by atoms with Crippen molar-refractivity contribution in [2.45, 2.75) is 71.8 Å². The fourth-order valence-electron chi connectivity index (χ4n) is 5.11. The number of primary amides is 1. The van der Waals surface area contributed by atoms with Crippen LogP contribution in [0.3, 0.4) is 0 Å². The molecule has 1 amide bonds. The smallest absolute Gasteiger partial charge is 0.409 e. The molecule has 0 saturated heterocycles. The number of fused-ring (bicyclic) bond motifs is 2. The third-order valence-electron chi connectivity index (χ3n) is 6.93. The van der Waals surface area contributed by atoms with Crippen molar-refractivity contribution in [1.82, 2.24) is 4.90 Å². The second kappa shape index (κ2) is 11.1. The van der Waals surface area contributed by atoms with Crippen LogP contribution in [0.1, 0.15) is 69.1 Å². The summed E-state index contributed by atoms with van der Waals surface area (Å²) in [6.07, 6.45) is 9.14. The van der Waals surface area contributed by atoms with Crippen LogP contribution in [-0.2, 0) is 19.4 Å². The van der Waals surface area contributed by atoms with Crippen LogP contribution < -0.4 is 15.2 Å². The van der Waals surface area contributed by atoms with Crippen molar-refractivity contribution in [2.24, 2.45) is 17.6 Å². The summed E-state index contributed by atoms with van der Waals surface area (Å²) < 4.78 is 11.3. The molecule has 0 radical (unpaired) electrons. The highest BCUT2D eigenvalue weighted by Crippen LogP contribution is 2.36. The molecule has 178 valence electrons. The molecule has 2 N–H and O–H groups in total. The number of carbonyl (C=O) groups is 1. The maximum Gasteiger partial charge on any atom is 0.409 e. The highest BCUT2D eigenvalue weighted by Gasteiger charge is 2.20. The summed E-state index contributed by atoms with van der Waals surface area (Å²) in [6, 6.07) is 12.1. The van der Waals surface area contributed by atoms with E-state index in [0.717, 1.165) is 54.8 Å². The Bertz CT molecular complexity index is 950. The summed E-state index contributed by atoms with van der Waals surface area (Å²) in [5.74, 6) is 3.76. The van der Waals surface area contributed by atoms with Gasteiger partial charge in [0.25, 0.3) is 0 Å². The Hall–Kier alpha value is -2.53. The first-order valence-corrected chi connectivity index (χ1v) is 12.6. The number of ether oxygens (including phenoxy) is 2. The fourth-order valence-corrected chi connectivity index (χ4v) is 5.11. The van der Waals surface area contributed by atoms with E-state index in [1.54, 1.807) is 6.07 Å². The van der Waals surface area contributed by atoms with Crippen molar-refractivity contribution >= 4 is 6.09 Å². The third kappa shape index (κ3) is 6.73. The Kier molecular flexibility index (Phi) is 7.92. The van der Waals surface area contributed by atoms with Gasteiger partial charge in [0.05, 0.1) is 0 Å². The lowest BCUT2D eigenvalue weighted by Gasteiger charge is -2.30. The first kappa shape index (κ1) is 23.6. The van der Waals surface area contributed by atoms with Crippen molar-refractivity contribution in [3.8, 4) is 17.2 Å². The number of hydrogen-bond donors (Lipinski definition) is 1. The van der Waals surface area contributed by atoms with Gasteiger partial charge in [0.1, 0.15) is 17.2 Å². The third-order valence-corrected chi connectivity index (χ3v) is 6.93. The standard InChI is InChI=1S/C28H38N2O3/c1-20(2)14-15-30(18-21-6-4-3-5-7-21)19-22-8-12-26-23(16-22)9-10-24-17-25(32-28(29)31)11-13-27(24)33-26/h8,11-13,16-17,20-21H,3-7,9-10,14-15,18-19H2,1-2H3,(H2,29,31). The van der Waals surface area contributed by atoms with E-state index in [4.69, 9.17) is 15.2 Å². The summed E-state index contributed by atoms with van der Waals surface area (Å²) >= 11 is 0. The summed E-state index contributed by atoms with van der Waals surface area (Å²) in [7, 11) is 0. The maximum atomic E-state index is 11.1. The van der Waals surface area contributed by atoms with Gasteiger partial charge in [0.15, 0.2) is 0 Å². The molecule has 2 aliphatic rings. The van der Waals surface area contributed by atoms with Crippen LogP contribution in [0.5, 0.6) is 17.2 Å². The van der Waals surface area contributed by atoms with Crippen molar-refractivity contribution in [2.75, 3.05) is 13.1 Å². The first-order valence-electron chi connectivity index (χ1n) is 12.6. The number of benzene rings is 2. The highest BCUT2D eigenvalue weighted by atomic mass is 16.5. The molecule has 0 unspecified atom stereocenters. The predicted octanol–water partition coefficient (Wildman–Crippen LogP) is 6.46. The van der Waals surface area contributed by atoms with Gasteiger partial charge in [-0.05, 0) is 91.4 Å². The normalized spacial score (nSPS) is 16.1. The average Bonchev–Trinajstić information content (AvgIpc) is 2.96. The van der Waals surface area contributed by atoms with E-state index in [-0.39, 0.29) is 0 Å².